The van der Waals surface area contributed by atoms with Gasteiger partial charge in [0.1, 0.15) is 0 Å². The van der Waals surface area contributed by atoms with Crippen LogP contribution in [0.1, 0.15) is 25.8 Å². The molecule has 0 fully saturated rings. The molecule has 1 aromatic rings. The van der Waals surface area contributed by atoms with Gasteiger partial charge in [0.05, 0.1) is 6.10 Å². The molecule has 0 heterocycles. The molecule has 0 aliphatic carbocycles. The maximum absolute atomic E-state index is 11.4. The number of esters is 1. The number of nitrogens with two attached hydrogens (primary N) is 1. The van der Waals surface area contributed by atoms with Crippen molar-refractivity contribution < 1.29 is 14.6 Å². The Hall–Kier alpha value is -1.55. The monoisotopic (exact) mass is 237 g/mol. The minimum Gasteiger partial charge on any atom is -0.461 e. The Labute approximate surface area is 101 Å². The van der Waals surface area contributed by atoms with Gasteiger partial charge in [-0.15, -0.1) is 0 Å². The summed E-state index contributed by atoms with van der Waals surface area (Å²) < 4.78 is 4.91. The van der Waals surface area contributed by atoms with E-state index in [0.717, 1.165) is 5.56 Å². The van der Waals surface area contributed by atoms with E-state index < -0.39 is 12.1 Å². The van der Waals surface area contributed by atoms with Crippen LogP contribution in [0.3, 0.4) is 0 Å². The van der Waals surface area contributed by atoms with Crippen LogP contribution in [0, 0.1) is 0 Å². The second kappa shape index (κ2) is 6.25. The number of aliphatic hydroxyl groups is 1. The maximum Gasteiger partial charge on any atom is 0.335 e. The third-order valence-electron chi connectivity index (χ3n) is 2.37. The van der Waals surface area contributed by atoms with Gasteiger partial charge in [0.25, 0.3) is 0 Å². The van der Waals surface area contributed by atoms with Gasteiger partial charge in [-0.3, -0.25) is 0 Å². The van der Waals surface area contributed by atoms with Crippen molar-refractivity contribution in [2.45, 2.75) is 38.9 Å². The van der Waals surface area contributed by atoms with Crippen LogP contribution in [-0.4, -0.2) is 23.3 Å². The van der Waals surface area contributed by atoms with Crippen molar-refractivity contribution in [3.8, 4) is 0 Å². The molecule has 0 aliphatic heterocycles. The van der Waals surface area contributed by atoms with Gasteiger partial charge in [-0.25, -0.2) is 4.79 Å². The smallest absolute Gasteiger partial charge is 0.335 e. The van der Waals surface area contributed by atoms with Crippen LogP contribution in [0.4, 0.5) is 5.69 Å². The normalized spacial score (nSPS) is 12.5. The molecule has 0 aromatic heterocycles. The van der Waals surface area contributed by atoms with Crippen LogP contribution in [0.5, 0.6) is 0 Å². The highest BCUT2D eigenvalue weighted by Crippen LogP contribution is 2.14. The summed E-state index contributed by atoms with van der Waals surface area (Å²) in [4.78, 5) is 11.4. The molecular weight excluding hydrogens is 218 g/mol. The lowest BCUT2D eigenvalue weighted by Crippen LogP contribution is -2.26. The SMILES string of the molecule is CC(C)OC(=O)[C@H](O)CCc1ccccc1N. The topological polar surface area (TPSA) is 72.5 Å². The minimum atomic E-state index is -1.09. The molecule has 17 heavy (non-hydrogen) atoms. The van der Waals surface area contributed by atoms with Crippen molar-refractivity contribution >= 4 is 11.7 Å². The van der Waals surface area contributed by atoms with Crippen molar-refractivity contribution in [3.05, 3.63) is 29.8 Å². The number of hydrogen-bond acceptors (Lipinski definition) is 4. The highest BCUT2D eigenvalue weighted by molar-refractivity contribution is 5.74. The van der Waals surface area contributed by atoms with Crippen molar-refractivity contribution in [1.29, 1.82) is 0 Å². The molecule has 0 unspecified atom stereocenters. The third kappa shape index (κ3) is 4.44. The summed E-state index contributed by atoms with van der Waals surface area (Å²) in [5.74, 6) is -0.575. The molecule has 0 radical (unpaired) electrons. The zero-order valence-electron chi connectivity index (χ0n) is 10.2. The van der Waals surface area contributed by atoms with Gasteiger partial charge >= 0.3 is 5.97 Å². The van der Waals surface area contributed by atoms with Gasteiger partial charge in [-0.2, -0.15) is 0 Å². The summed E-state index contributed by atoms with van der Waals surface area (Å²) in [5.41, 5.74) is 7.38. The summed E-state index contributed by atoms with van der Waals surface area (Å²) in [7, 11) is 0. The Kier molecular flexibility index (Phi) is 4.97. The fourth-order valence-electron chi connectivity index (χ4n) is 1.48. The number of carbonyl (C=O) groups is 1. The predicted octanol–water partition coefficient (Wildman–Crippen LogP) is 1.51. The molecule has 1 atom stereocenters. The summed E-state index contributed by atoms with van der Waals surface area (Å²) in [6.07, 6.45) is -0.420. The Morgan fingerprint density at radius 2 is 2.06 bits per heavy atom. The average molecular weight is 237 g/mol. The van der Waals surface area contributed by atoms with Gasteiger partial charge in [0.2, 0.25) is 0 Å². The van der Waals surface area contributed by atoms with Gasteiger partial charge in [-0.05, 0) is 38.3 Å². The highest BCUT2D eigenvalue weighted by Gasteiger charge is 2.17. The van der Waals surface area contributed by atoms with Crippen LogP contribution >= 0.6 is 0 Å². The molecule has 0 aliphatic rings. The van der Waals surface area contributed by atoms with Crippen molar-refractivity contribution in [2.24, 2.45) is 0 Å². The zero-order chi connectivity index (χ0) is 12.8. The van der Waals surface area contributed by atoms with E-state index >= 15 is 0 Å². The second-order valence-electron chi connectivity index (χ2n) is 4.24. The number of hydrogen-bond donors (Lipinski definition) is 2. The number of para-hydroxylation sites is 1. The molecule has 0 bridgehead atoms. The molecular formula is C13H19NO3. The highest BCUT2D eigenvalue weighted by atomic mass is 16.6. The van der Waals surface area contributed by atoms with Crippen LogP contribution < -0.4 is 5.73 Å². The Bertz CT molecular complexity index is 377. The van der Waals surface area contributed by atoms with Gasteiger partial charge in [-0.1, -0.05) is 18.2 Å². The number of benzene rings is 1. The van der Waals surface area contributed by atoms with E-state index in [-0.39, 0.29) is 6.10 Å². The summed E-state index contributed by atoms with van der Waals surface area (Å²) in [6.45, 7) is 3.50. The fraction of sp³-hybridized carbons (Fsp3) is 0.462. The van der Waals surface area contributed by atoms with Crippen molar-refractivity contribution in [2.75, 3.05) is 5.73 Å². The zero-order valence-corrected chi connectivity index (χ0v) is 10.2. The van der Waals surface area contributed by atoms with Gasteiger partial charge in [0, 0.05) is 5.69 Å². The second-order valence-corrected chi connectivity index (χ2v) is 4.24. The number of carbonyl (C=O) groups excluding carboxylic acids is 1. The molecule has 0 saturated heterocycles. The first-order valence-corrected chi connectivity index (χ1v) is 5.72. The lowest BCUT2D eigenvalue weighted by molar-refractivity contribution is -0.157. The van der Waals surface area contributed by atoms with E-state index in [2.05, 4.69) is 0 Å². The average Bonchev–Trinajstić information content (AvgIpc) is 2.26. The Morgan fingerprint density at radius 1 is 1.41 bits per heavy atom. The van der Waals surface area contributed by atoms with Crippen LogP contribution in [-0.2, 0) is 16.0 Å². The number of anilines is 1. The van der Waals surface area contributed by atoms with Crippen LogP contribution in [0.2, 0.25) is 0 Å². The predicted molar refractivity (Wildman–Crippen MR) is 66.4 cm³/mol. The maximum atomic E-state index is 11.4. The lowest BCUT2D eigenvalue weighted by atomic mass is 10.1. The first-order valence-electron chi connectivity index (χ1n) is 5.72. The molecule has 4 heteroatoms. The molecule has 3 N–H and O–H groups in total. The first-order chi connectivity index (χ1) is 8.00. The van der Waals surface area contributed by atoms with Crippen molar-refractivity contribution in [1.82, 2.24) is 0 Å². The van der Waals surface area contributed by atoms with Gasteiger partial charge < -0.3 is 15.6 Å². The third-order valence-corrected chi connectivity index (χ3v) is 2.37. The fourth-order valence-corrected chi connectivity index (χ4v) is 1.48. The van der Waals surface area contributed by atoms with E-state index in [9.17, 15) is 9.90 Å². The number of aryl methyl sites for hydroxylation is 1. The number of aliphatic hydroxyl groups excluding tert-OH is 1. The molecule has 0 spiro atoms. The molecule has 4 nitrogen and oxygen atoms in total. The largest absolute Gasteiger partial charge is 0.461 e. The van der Waals surface area contributed by atoms with E-state index in [1.165, 1.54) is 0 Å². The summed E-state index contributed by atoms with van der Waals surface area (Å²) >= 11 is 0. The Balaban J connectivity index is 2.46. The standard InChI is InChI=1S/C13H19NO3/c1-9(2)17-13(16)12(15)8-7-10-5-3-4-6-11(10)14/h3-6,9,12,15H,7-8,14H2,1-2H3/t12-/m1/s1. The van der Waals surface area contributed by atoms with E-state index in [1.54, 1.807) is 19.9 Å². The lowest BCUT2D eigenvalue weighted by Gasteiger charge is -2.13. The van der Waals surface area contributed by atoms with E-state index in [0.29, 0.717) is 18.5 Å². The first kappa shape index (κ1) is 13.5. The molecule has 1 rings (SSSR count). The quantitative estimate of drug-likeness (QED) is 0.601. The van der Waals surface area contributed by atoms with E-state index in [4.69, 9.17) is 10.5 Å². The number of nitrogen functional groups attached to an aromatic ring is 1. The summed E-state index contributed by atoms with van der Waals surface area (Å²) in [5, 5.41) is 9.60. The van der Waals surface area contributed by atoms with Crippen LogP contribution in [0.15, 0.2) is 24.3 Å². The molecule has 1 aromatic carbocycles. The minimum absolute atomic E-state index is 0.209. The molecule has 0 amide bonds. The van der Waals surface area contributed by atoms with Crippen molar-refractivity contribution in [3.63, 3.8) is 0 Å². The van der Waals surface area contributed by atoms with Gasteiger partial charge in [0.15, 0.2) is 6.10 Å². The van der Waals surface area contributed by atoms with E-state index in [1.807, 2.05) is 18.2 Å². The molecule has 0 saturated carbocycles. The molecule has 94 valence electrons. The summed E-state index contributed by atoms with van der Waals surface area (Å²) in [6, 6.07) is 7.41. The van der Waals surface area contributed by atoms with Crippen LogP contribution in [0.25, 0.3) is 0 Å². The number of rotatable bonds is 5. The number of ether oxygens (including phenoxy) is 1. The Morgan fingerprint density at radius 3 is 2.65 bits per heavy atom.